The van der Waals surface area contributed by atoms with Crippen molar-refractivity contribution in [3.63, 3.8) is 0 Å². The van der Waals surface area contributed by atoms with Crippen LogP contribution in [0.3, 0.4) is 0 Å². The molecule has 10 heteroatoms. The molecule has 1 aliphatic heterocycles. The van der Waals surface area contributed by atoms with Crippen molar-refractivity contribution < 1.29 is 13.9 Å². The quantitative estimate of drug-likeness (QED) is 0.470. The van der Waals surface area contributed by atoms with Gasteiger partial charge in [-0.05, 0) is 56.4 Å². The van der Waals surface area contributed by atoms with Gasteiger partial charge in [0, 0.05) is 24.2 Å². The minimum Gasteiger partial charge on any atom is -0.393 e. The molecule has 34 heavy (non-hydrogen) atoms. The molecule has 3 atom stereocenters. The second-order valence-corrected chi connectivity index (χ2v) is 9.19. The second-order valence-electron chi connectivity index (χ2n) is 9.19. The van der Waals surface area contributed by atoms with Crippen LogP contribution >= 0.6 is 0 Å². The molecular weight excluding hydrogens is 440 g/mol. The Morgan fingerprint density at radius 1 is 1.06 bits per heavy atom. The Hall–Kier alpha value is -3.40. The van der Waals surface area contributed by atoms with Crippen LogP contribution in [0.1, 0.15) is 61.9 Å². The monoisotopic (exact) mass is 465 g/mol. The largest absolute Gasteiger partial charge is 0.393 e. The van der Waals surface area contributed by atoms with Gasteiger partial charge < -0.3 is 10.0 Å². The Morgan fingerprint density at radius 3 is 2.85 bits per heavy atom. The van der Waals surface area contributed by atoms with E-state index in [4.69, 9.17) is 9.97 Å². The van der Waals surface area contributed by atoms with Crippen LogP contribution in [0.5, 0.6) is 0 Å². The molecular formula is C24H25F2N7O. The molecule has 8 nitrogen and oxygen atoms in total. The summed E-state index contributed by atoms with van der Waals surface area (Å²) in [6.07, 6.45) is 8.21. The topological polar surface area (TPSA) is 95.2 Å². The van der Waals surface area contributed by atoms with Crippen molar-refractivity contribution in [3.05, 3.63) is 59.7 Å². The third kappa shape index (κ3) is 3.71. The fourth-order valence-corrected chi connectivity index (χ4v) is 5.30. The highest BCUT2D eigenvalue weighted by Gasteiger charge is 2.30. The highest BCUT2D eigenvalue weighted by atomic mass is 19.1. The predicted molar refractivity (Wildman–Crippen MR) is 121 cm³/mol. The molecule has 0 spiro atoms. The Balaban J connectivity index is 1.33. The summed E-state index contributed by atoms with van der Waals surface area (Å²) >= 11 is 0. The summed E-state index contributed by atoms with van der Waals surface area (Å²) in [6.45, 7) is 0.697. The maximum atomic E-state index is 14.5. The summed E-state index contributed by atoms with van der Waals surface area (Å²) in [6, 6.07) is 5.15. The summed E-state index contributed by atoms with van der Waals surface area (Å²) in [5.41, 5.74) is 1.63. The van der Waals surface area contributed by atoms with E-state index >= 15 is 0 Å². The lowest BCUT2D eigenvalue weighted by Gasteiger charge is -2.26. The minimum absolute atomic E-state index is 0.155. The van der Waals surface area contributed by atoms with Crippen molar-refractivity contribution in [1.29, 1.82) is 0 Å². The Bertz CT molecular complexity index is 1340. The van der Waals surface area contributed by atoms with Crippen LogP contribution in [0.25, 0.3) is 17.0 Å². The van der Waals surface area contributed by atoms with Gasteiger partial charge in [-0.15, -0.1) is 0 Å². The maximum Gasteiger partial charge on any atom is 0.186 e. The molecule has 4 heterocycles. The molecule has 1 aromatic carbocycles. The summed E-state index contributed by atoms with van der Waals surface area (Å²) in [5, 5.41) is 21.8. The number of halogens is 2. The van der Waals surface area contributed by atoms with Gasteiger partial charge in [0.1, 0.15) is 23.3 Å². The van der Waals surface area contributed by atoms with Gasteiger partial charge in [-0.2, -0.15) is 10.2 Å². The Kier molecular flexibility index (Phi) is 5.24. The highest BCUT2D eigenvalue weighted by molar-refractivity contribution is 5.73. The van der Waals surface area contributed by atoms with Crippen LogP contribution in [-0.4, -0.2) is 47.5 Å². The summed E-state index contributed by atoms with van der Waals surface area (Å²) in [5.74, 6) is 1.24. The number of fused-ring (bicyclic) bond motifs is 1. The number of nitrogens with one attached hydrogen (secondary N) is 1. The predicted octanol–water partition coefficient (Wildman–Crippen LogP) is 4.15. The Labute approximate surface area is 194 Å². The van der Waals surface area contributed by atoms with Gasteiger partial charge in [-0.3, -0.25) is 5.10 Å². The lowest BCUT2D eigenvalue weighted by atomic mass is 9.87. The van der Waals surface area contributed by atoms with Crippen LogP contribution in [0, 0.1) is 11.6 Å². The maximum absolute atomic E-state index is 14.5. The number of aliphatic hydroxyl groups excluding tert-OH is 1. The van der Waals surface area contributed by atoms with E-state index in [1.807, 2.05) is 17.2 Å². The molecule has 4 aromatic rings. The number of anilines is 1. The van der Waals surface area contributed by atoms with Crippen molar-refractivity contribution in [2.24, 2.45) is 0 Å². The van der Waals surface area contributed by atoms with E-state index in [-0.39, 0.29) is 18.1 Å². The van der Waals surface area contributed by atoms with Crippen LogP contribution in [-0.2, 0) is 0 Å². The first-order valence-electron chi connectivity index (χ1n) is 11.7. The number of hydrogen-bond donors (Lipinski definition) is 2. The minimum atomic E-state index is -0.448. The number of H-pyrrole nitrogens is 1. The number of nitrogens with zero attached hydrogens (tertiary/aromatic N) is 6. The molecule has 0 bridgehead atoms. The van der Waals surface area contributed by atoms with Crippen molar-refractivity contribution in [1.82, 2.24) is 29.8 Å². The van der Waals surface area contributed by atoms with Gasteiger partial charge >= 0.3 is 0 Å². The molecule has 1 saturated heterocycles. The zero-order valence-corrected chi connectivity index (χ0v) is 18.5. The first-order valence-corrected chi connectivity index (χ1v) is 11.7. The number of aromatic nitrogens is 6. The van der Waals surface area contributed by atoms with Crippen LogP contribution in [0.15, 0.2) is 36.7 Å². The smallest absolute Gasteiger partial charge is 0.186 e. The zero-order valence-electron chi connectivity index (χ0n) is 18.5. The van der Waals surface area contributed by atoms with E-state index in [0.29, 0.717) is 41.4 Å². The van der Waals surface area contributed by atoms with E-state index in [1.54, 1.807) is 10.7 Å². The summed E-state index contributed by atoms with van der Waals surface area (Å²) in [4.78, 5) is 11.5. The molecule has 0 amide bonds. The molecule has 2 fully saturated rings. The fraction of sp³-hybridized carbons (Fsp3) is 0.417. The molecule has 1 saturated carbocycles. The number of hydrogen-bond acceptors (Lipinski definition) is 6. The lowest BCUT2D eigenvalue weighted by molar-refractivity contribution is 0.118. The molecule has 0 radical (unpaired) electrons. The molecule has 1 aliphatic carbocycles. The van der Waals surface area contributed by atoms with Crippen molar-refractivity contribution in [2.45, 2.75) is 56.6 Å². The second kappa shape index (κ2) is 8.43. The van der Waals surface area contributed by atoms with Gasteiger partial charge in [0.25, 0.3) is 0 Å². The van der Waals surface area contributed by atoms with Gasteiger partial charge in [-0.1, -0.05) is 6.42 Å². The van der Waals surface area contributed by atoms with Crippen molar-refractivity contribution in [2.75, 3.05) is 11.4 Å². The van der Waals surface area contributed by atoms with E-state index in [9.17, 15) is 13.9 Å². The number of aliphatic hydroxyl groups is 1. The third-order valence-corrected chi connectivity index (χ3v) is 7.00. The third-order valence-electron chi connectivity index (χ3n) is 7.00. The van der Waals surface area contributed by atoms with Crippen LogP contribution < -0.4 is 4.90 Å². The number of benzene rings is 1. The van der Waals surface area contributed by atoms with Crippen molar-refractivity contribution >= 4 is 11.5 Å². The van der Waals surface area contributed by atoms with Gasteiger partial charge in [0.05, 0.1) is 23.9 Å². The normalized spacial score (nSPS) is 23.1. The zero-order chi connectivity index (χ0) is 23.2. The lowest BCUT2D eigenvalue weighted by Crippen LogP contribution is -2.24. The average molecular weight is 466 g/mol. The number of rotatable bonds is 4. The molecule has 3 unspecified atom stereocenters. The van der Waals surface area contributed by atoms with E-state index in [2.05, 4.69) is 15.3 Å². The average Bonchev–Trinajstić information content (AvgIpc) is 3.59. The number of aromatic amines is 1. The molecule has 176 valence electrons. The summed E-state index contributed by atoms with van der Waals surface area (Å²) < 4.78 is 30.0. The van der Waals surface area contributed by atoms with Crippen LogP contribution in [0.2, 0.25) is 0 Å². The van der Waals surface area contributed by atoms with Crippen molar-refractivity contribution in [3.8, 4) is 11.4 Å². The van der Waals surface area contributed by atoms with E-state index in [1.165, 1.54) is 12.1 Å². The van der Waals surface area contributed by atoms with Gasteiger partial charge in [0.2, 0.25) is 0 Å². The van der Waals surface area contributed by atoms with Crippen LogP contribution in [0.4, 0.5) is 14.6 Å². The fourth-order valence-electron chi connectivity index (χ4n) is 5.30. The SMILES string of the molecule is OC1CCCC(c2nc(-c3cnn4ccc(N5CCCC5c5cc(F)ccc5F)nc34)n[nH]2)C1. The van der Waals surface area contributed by atoms with E-state index in [0.717, 1.165) is 44.0 Å². The standard InChI is InChI=1S/C24H25F2N7O/c25-15-6-7-19(26)17(12-15)20-5-2-9-32(20)21-8-10-33-24(28-21)18(13-27-33)23-29-22(30-31-23)14-3-1-4-16(34)11-14/h6-8,10,12-14,16,20,34H,1-5,9,11H2,(H,29,30,31). The van der Waals surface area contributed by atoms with E-state index < -0.39 is 11.6 Å². The first kappa shape index (κ1) is 21.2. The van der Waals surface area contributed by atoms with Gasteiger partial charge in [0.15, 0.2) is 11.5 Å². The first-order chi connectivity index (χ1) is 16.6. The summed E-state index contributed by atoms with van der Waals surface area (Å²) in [7, 11) is 0. The van der Waals surface area contributed by atoms with Gasteiger partial charge in [-0.25, -0.2) is 23.3 Å². The molecule has 6 rings (SSSR count). The Morgan fingerprint density at radius 2 is 1.97 bits per heavy atom. The highest BCUT2D eigenvalue weighted by Crippen LogP contribution is 2.37. The molecule has 3 aromatic heterocycles. The molecule has 2 aliphatic rings. The molecule has 2 N–H and O–H groups in total.